The third-order valence-corrected chi connectivity index (χ3v) is 6.72. The van der Waals surface area contributed by atoms with Crippen molar-refractivity contribution in [3.05, 3.63) is 106 Å². The predicted octanol–water partition coefficient (Wildman–Crippen LogP) is 7.63. The van der Waals surface area contributed by atoms with E-state index in [-0.39, 0.29) is 0 Å². The average Bonchev–Trinajstić information content (AvgIpc) is 3.22. The summed E-state index contributed by atoms with van der Waals surface area (Å²) in [5.41, 5.74) is 10.1. The van der Waals surface area contributed by atoms with Crippen molar-refractivity contribution >= 4 is 46.1 Å². The van der Waals surface area contributed by atoms with E-state index < -0.39 is 0 Å². The number of fused-ring (bicyclic) bond motifs is 2. The van der Waals surface area contributed by atoms with E-state index in [9.17, 15) is 0 Å². The quantitative estimate of drug-likeness (QED) is 0.285. The fraction of sp³-hybridized carbons (Fsp3) is 0.133. The maximum atomic E-state index is 2.26. The number of aromatic nitrogens is 2. The maximum absolute atomic E-state index is 2.26. The summed E-state index contributed by atoms with van der Waals surface area (Å²) in [7, 11) is 4.27. The van der Waals surface area contributed by atoms with Gasteiger partial charge < -0.3 is 9.13 Å². The Morgan fingerprint density at radius 3 is 1.28 bits per heavy atom. The Bertz CT molecular complexity index is 1370. The summed E-state index contributed by atoms with van der Waals surface area (Å²) in [5, 5.41) is 2.60. The molecule has 2 heterocycles. The number of hydrogen-bond acceptors (Lipinski definition) is 0. The smallest absolute Gasteiger partial charge is 0.0486 e. The van der Waals surface area contributed by atoms with Gasteiger partial charge >= 0.3 is 0 Å². The normalized spacial score (nSPS) is 12.1. The van der Waals surface area contributed by atoms with Gasteiger partial charge in [0, 0.05) is 58.4 Å². The van der Waals surface area contributed by atoms with Crippen molar-refractivity contribution in [1.82, 2.24) is 9.13 Å². The van der Waals surface area contributed by atoms with Crippen molar-refractivity contribution in [2.24, 2.45) is 14.1 Å². The Labute approximate surface area is 189 Å². The first-order valence-electron chi connectivity index (χ1n) is 11.1. The molecule has 0 radical (unpaired) electrons. The first kappa shape index (κ1) is 20.1. The van der Waals surface area contributed by atoms with E-state index in [1.165, 1.54) is 55.4 Å². The second-order valence-corrected chi connectivity index (χ2v) is 8.48. The first-order chi connectivity index (χ1) is 15.5. The molecule has 0 aliphatic carbocycles. The minimum atomic E-state index is 1.20. The fourth-order valence-corrected chi connectivity index (χ4v) is 4.60. The van der Waals surface area contributed by atoms with Gasteiger partial charge in [0.25, 0.3) is 0 Å². The predicted molar refractivity (Wildman–Crippen MR) is 140 cm³/mol. The van der Waals surface area contributed by atoms with Gasteiger partial charge in [-0.15, -0.1) is 0 Å². The Hall–Kier alpha value is -3.78. The summed E-state index contributed by atoms with van der Waals surface area (Å²) in [6.45, 7) is 4.37. The first-order valence-corrected chi connectivity index (χ1v) is 11.1. The maximum Gasteiger partial charge on any atom is 0.0486 e. The Kier molecular flexibility index (Phi) is 5.07. The molecule has 0 aliphatic rings. The van der Waals surface area contributed by atoms with E-state index in [2.05, 4.69) is 134 Å². The van der Waals surface area contributed by atoms with E-state index in [1.807, 2.05) is 0 Å². The molecule has 5 rings (SSSR count). The summed E-state index contributed by atoms with van der Waals surface area (Å²) in [6, 6.07) is 25.9. The molecule has 2 aromatic heterocycles. The summed E-state index contributed by atoms with van der Waals surface area (Å²) in [4.78, 5) is 0. The Balaban J connectivity index is 1.40. The highest BCUT2D eigenvalue weighted by Crippen LogP contribution is 2.28. The van der Waals surface area contributed by atoms with Gasteiger partial charge in [-0.1, -0.05) is 85.0 Å². The Morgan fingerprint density at radius 2 is 0.875 bits per heavy atom. The summed E-state index contributed by atoms with van der Waals surface area (Å²) in [5.74, 6) is 0. The Morgan fingerprint density at radius 1 is 0.500 bits per heavy atom. The molecule has 0 spiro atoms. The topological polar surface area (TPSA) is 9.86 Å². The molecule has 0 bridgehead atoms. The summed E-state index contributed by atoms with van der Waals surface area (Å²) < 4.78 is 4.52. The lowest BCUT2D eigenvalue weighted by Crippen LogP contribution is -1.89. The average molecular weight is 417 g/mol. The molecule has 2 heteroatoms. The van der Waals surface area contributed by atoms with E-state index in [4.69, 9.17) is 0 Å². The minimum Gasteiger partial charge on any atom is -0.347 e. The zero-order valence-electron chi connectivity index (χ0n) is 19.1. The molecule has 0 unspecified atom stereocenters. The van der Waals surface area contributed by atoms with Gasteiger partial charge in [-0.3, -0.25) is 0 Å². The van der Waals surface area contributed by atoms with Crippen LogP contribution in [0.15, 0.2) is 72.8 Å². The van der Waals surface area contributed by atoms with Crippen LogP contribution in [0.4, 0.5) is 0 Å². The number of rotatable bonds is 4. The van der Waals surface area contributed by atoms with Crippen molar-refractivity contribution in [3.63, 3.8) is 0 Å². The number of para-hydroxylation sites is 2. The second kappa shape index (κ2) is 8.05. The third kappa shape index (κ3) is 3.38. The molecule has 158 valence electrons. The molecule has 0 saturated carbocycles. The van der Waals surface area contributed by atoms with Gasteiger partial charge in [0.2, 0.25) is 0 Å². The molecule has 0 fully saturated rings. The molecular weight excluding hydrogens is 388 g/mol. The van der Waals surface area contributed by atoms with Gasteiger partial charge in [0.15, 0.2) is 0 Å². The van der Waals surface area contributed by atoms with Gasteiger partial charge in [0.1, 0.15) is 0 Å². The van der Waals surface area contributed by atoms with Crippen molar-refractivity contribution in [1.29, 1.82) is 0 Å². The van der Waals surface area contributed by atoms with Gasteiger partial charge in [0.05, 0.1) is 0 Å². The van der Waals surface area contributed by atoms with Crippen LogP contribution in [-0.4, -0.2) is 9.13 Å². The SMILES string of the molecule is Cc1c(/C=C/c2ccc(/C=C/c3c(C)n(C)c4ccccc34)cc2)c2ccccc2n1C. The lowest BCUT2D eigenvalue weighted by molar-refractivity contribution is 0.916. The molecule has 0 amide bonds. The molecule has 0 aliphatic heterocycles. The van der Waals surface area contributed by atoms with Crippen LogP contribution < -0.4 is 0 Å². The van der Waals surface area contributed by atoms with Crippen LogP contribution in [0.1, 0.15) is 33.6 Å². The molecule has 0 N–H and O–H groups in total. The third-order valence-electron chi connectivity index (χ3n) is 6.72. The largest absolute Gasteiger partial charge is 0.347 e. The highest BCUT2D eigenvalue weighted by molar-refractivity contribution is 5.95. The molecule has 2 nitrogen and oxygen atoms in total. The zero-order valence-corrected chi connectivity index (χ0v) is 19.1. The molecule has 3 aromatic carbocycles. The van der Waals surface area contributed by atoms with Crippen LogP contribution in [-0.2, 0) is 14.1 Å². The van der Waals surface area contributed by atoms with Crippen molar-refractivity contribution < 1.29 is 0 Å². The molecule has 0 atom stereocenters. The van der Waals surface area contributed by atoms with E-state index in [0.29, 0.717) is 0 Å². The van der Waals surface area contributed by atoms with Crippen LogP contribution in [0.5, 0.6) is 0 Å². The lowest BCUT2D eigenvalue weighted by Gasteiger charge is -1.99. The number of aryl methyl sites for hydroxylation is 2. The lowest BCUT2D eigenvalue weighted by atomic mass is 10.1. The molecule has 0 saturated heterocycles. The fourth-order valence-electron chi connectivity index (χ4n) is 4.60. The highest BCUT2D eigenvalue weighted by atomic mass is 14.9. The van der Waals surface area contributed by atoms with Gasteiger partial charge in [-0.2, -0.15) is 0 Å². The van der Waals surface area contributed by atoms with Crippen molar-refractivity contribution in [2.45, 2.75) is 13.8 Å². The van der Waals surface area contributed by atoms with E-state index in [1.54, 1.807) is 0 Å². The van der Waals surface area contributed by atoms with Crippen LogP contribution in [0.25, 0.3) is 46.1 Å². The van der Waals surface area contributed by atoms with E-state index >= 15 is 0 Å². The van der Waals surface area contributed by atoms with Crippen molar-refractivity contribution in [3.8, 4) is 0 Å². The van der Waals surface area contributed by atoms with E-state index in [0.717, 1.165) is 0 Å². The van der Waals surface area contributed by atoms with Gasteiger partial charge in [-0.25, -0.2) is 0 Å². The number of nitrogens with zero attached hydrogens (tertiary/aromatic N) is 2. The highest BCUT2D eigenvalue weighted by Gasteiger charge is 2.09. The van der Waals surface area contributed by atoms with Gasteiger partial charge in [-0.05, 0) is 37.1 Å². The minimum absolute atomic E-state index is 1.20. The number of benzene rings is 3. The molecule has 5 aromatic rings. The monoisotopic (exact) mass is 416 g/mol. The standard InChI is InChI=1S/C30H28N2/c1-21-25(27-9-5-7-11-29(27)31(21)3)19-17-23-13-15-24(16-14-23)18-20-26-22(2)32(4)30-12-8-6-10-28(26)30/h5-20H,1-4H3/b19-17+,20-18+. The second-order valence-electron chi connectivity index (χ2n) is 8.48. The summed E-state index contributed by atoms with van der Waals surface area (Å²) >= 11 is 0. The molecule has 32 heavy (non-hydrogen) atoms. The zero-order chi connectivity index (χ0) is 22.2. The molecular formula is C30H28N2. The van der Waals surface area contributed by atoms with Crippen LogP contribution >= 0.6 is 0 Å². The summed E-state index contributed by atoms with van der Waals surface area (Å²) in [6.07, 6.45) is 8.89. The van der Waals surface area contributed by atoms with Crippen molar-refractivity contribution in [2.75, 3.05) is 0 Å². The van der Waals surface area contributed by atoms with Crippen LogP contribution in [0.3, 0.4) is 0 Å². The van der Waals surface area contributed by atoms with Crippen LogP contribution in [0.2, 0.25) is 0 Å². The number of hydrogen-bond donors (Lipinski definition) is 0. The van der Waals surface area contributed by atoms with Crippen LogP contribution in [0, 0.1) is 13.8 Å².